The number of piperidine rings is 1. The number of hydrogen-bond acceptors (Lipinski definition) is 3. The second kappa shape index (κ2) is 10.6. The standard InChI is InChI=1S/C29H40ClN3/c1-22(2)19-27(21-29(3,4)25-7-9-26(30)10-8-25)32-17-12-23(13-18-32)24-11-14-31-28(20-24)33-15-5-6-16-33/h7-11,14,19-20,23,27H,5-6,12-13,15-18,21H2,1-4H3. The second-order valence-corrected chi connectivity index (χ2v) is 11.3. The Balaban J connectivity index is 1.43. The van der Waals surface area contributed by atoms with Crippen LogP contribution < -0.4 is 4.90 Å². The number of halogens is 1. The van der Waals surface area contributed by atoms with E-state index >= 15 is 0 Å². The van der Waals surface area contributed by atoms with Crippen LogP contribution in [0.25, 0.3) is 0 Å². The zero-order chi connectivity index (χ0) is 23.4. The van der Waals surface area contributed by atoms with Gasteiger partial charge in [0.05, 0.1) is 0 Å². The van der Waals surface area contributed by atoms with E-state index in [0.29, 0.717) is 12.0 Å². The quantitative estimate of drug-likeness (QED) is 0.402. The van der Waals surface area contributed by atoms with E-state index in [1.54, 1.807) is 0 Å². The smallest absolute Gasteiger partial charge is 0.128 e. The van der Waals surface area contributed by atoms with E-state index in [2.05, 4.69) is 72.8 Å². The summed E-state index contributed by atoms with van der Waals surface area (Å²) in [5, 5.41) is 0.807. The third kappa shape index (κ3) is 6.19. The summed E-state index contributed by atoms with van der Waals surface area (Å²) in [6.45, 7) is 13.8. The van der Waals surface area contributed by atoms with Crippen LogP contribution in [0.5, 0.6) is 0 Å². The summed E-state index contributed by atoms with van der Waals surface area (Å²) in [6.07, 6.45) is 10.6. The Kier molecular flexibility index (Phi) is 7.81. The molecule has 0 amide bonds. The third-order valence-electron chi connectivity index (χ3n) is 7.54. The maximum absolute atomic E-state index is 6.14. The maximum atomic E-state index is 6.14. The molecule has 4 rings (SSSR count). The van der Waals surface area contributed by atoms with Crippen LogP contribution >= 0.6 is 11.6 Å². The number of hydrogen-bond donors (Lipinski definition) is 0. The van der Waals surface area contributed by atoms with Gasteiger partial charge in [-0.3, -0.25) is 4.90 Å². The van der Waals surface area contributed by atoms with Crippen LogP contribution in [-0.2, 0) is 5.41 Å². The molecule has 33 heavy (non-hydrogen) atoms. The molecule has 2 aliphatic heterocycles. The second-order valence-electron chi connectivity index (χ2n) is 10.9. The van der Waals surface area contributed by atoms with Gasteiger partial charge < -0.3 is 4.90 Å². The molecule has 0 aliphatic carbocycles. The molecule has 2 saturated heterocycles. The van der Waals surface area contributed by atoms with Gasteiger partial charge in [0, 0.05) is 30.4 Å². The van der Waals surface area contributed by atoms with Gasteiger partial charge in [-0.15, -0.1) is 0 Å². The largest absolute Gasteiger partial charge is 0.357 e. The van der Waals surface area contributed by atoms with Crippen molar-refractivity contribution in [1.29, 1.82) is 0 Å². The molecule has 2 aromatic rings. The molecule has 0 spiro atoms. The predicted molar refractivity (Wildman–Crippen MR) is 142 cm³/mol. The summed E-state index contributed by atoms with van der Waals surface area (Å²) >= 11 is 6.14. The lowest BCUT2D eigenvalue weighted by Gasteiger charge is -2.40. The van der Waals surface area contributed by atoms with Gasteiger partial charge in [0.1, 0.15) is 5.82 Å². The zero-order valence-electron chi connectivity index (χ0n) is 20.9. The third-order valence-corrected chi connectivity index (χ3v) is 7.79. The van der Waals surface area contributed by atoms with Gasteiger partial charge in [-0.1, -0.05) is 49.2 Å². The maximum Gasteiger partial charge on any atom is 0.128 e. The summed E-state index contributed by atoms with van der Waals surface area (Å²) < 4.78 is 0. The first kappa shape index (κ1) is 24.3. The summed E-state index contributed by atoms with van der Waals surface area (Å²) in [5.41, 5.74) is 4.33. The number of aromatic nitrogens is 1. The number of pyridine rings is 1. The summed E-state index contributed by atoms with van der Waals surface area (Å²) in [6, 6.07) is 13.5. The molecule has 0 bridgehead atoms. The highest BCUT2D eigenvalue weighted by Crippen LogP contribution is 2.35. The minimum atomic E-state index is 0.0911. The van der Waals surface area contributed by atoms with Gasteiger partial charge >= 0.3 is 0 Å². The number of allylic oxidation sites excluding steroid dienone is 1. The van der Waals surface area contributed by atoms with Crippen LogP contribution in [0.15, 0.2) is 54.2 Å². The van der Waals surface area contributed by atoms with Gasteiger partial charge in [-0.25, -0.2) is 4.98 Å². The molecule has 178 valence electrons. The molecule has 3 nitrogen and oxygen atoms in total. The molecule has 4 heteroatoms. The molecule has 2 aliphatic rings. The minimum absolute atomic E-state index is 0.0911. The molecule has 0 saturated carbocycles. The van der Waals surface area contributed by atoms with Crippen molar-refractivity contribution in [2.24, 2.45) is 0 Å². The molecule has 1 unspecified atom stereocenters. The molecule has 1 atom stereocenters. The first-order chi connectivity index (χ1) is 15.8. The van der Waals surface area contributed by atoms with Crippen LogP contribution in [-0.4, -0.2) is 42.1 Å². The van der Waals surface area contributed by atoms with Crippen LogP contribution in [0.2, 0.25) is 5.02 Å². The van der Waals surface area contributed by atoms with Gasteiger partial charge in [0.15, 0.2) is 0 Å². The molecule has 1 aromatic heterocycles. The fourth-order valence-corrected chi connectivity index (χ4v) is 5.72. The van der Waals surface area contributed by atoms with E-state index in [9.17, 15) is 0 Å². The van der Waals surface area contributed by atoms with E-state index in [1.807, 2.05) is 18.3 Å². The lowest BCUT2D eigenvalue weighted by Crippen LogP contribution is -2.43. The first-order valence-electron chi connectivity index (χ1n) is 12.7. The van der Waals surface area contributed by atoms with E-state index in [4.69, 9.17) is 11.6 Å². The molecular formula is C29H40ClN3. The molecule has 1 aromatic carbocycles. The number of anilines is 1. The SMILES string of the molecule is CC(C)=CC(CC(C)(C)c1ccc(Cl)cc1)N1CCC(c2ccnc(N3CCCC3)c2)CC1. The average molecular weight is 466 g/mol. The van der Waals surface area contributed by atoms with Crippen molar-refractivity contribution < 1.29 is 0 Å². The van der Waals surface area contributed by atoms with Crippen molar-refractivity contribution in [2.75, 3.05) is 31.1 Å². The molecule has 0 N–H and O–H groups in total. The summed E-state index contributed by atoms with van der Waals surface area (Å²) in [4.78, 5) is 9.82. The normalized spacial score (nSPS) is 19.0. The number of rotatable bonds is 7. The van der Waals surface area contributed by atoms with Crippen LogP contribution in [0, 0.1) is 0 Å². The lowest BCUT2D eigenvalue weighted by atomic mass is 9.78. The van der Waals surface area contributed by atoms with E-state index < -0.39 is 0 Å². The van der Waals surface area contributed by atoms with Crippen molar-refractivity contribution in [2.45, 2.75) is 77.2 Å². The zero-order valence-corrected chi connectivity index (χ0v) is 21.6. The average Bonchev–Trinajstić information content (AvgIpc) is 3.34. The van der Waals surface area contributed by atoms with Gasteiger partial charge in [-0.05, 0) is 106 Å². The van der Waals surface area contributed by atoms with E-state index in [1.165, 1.54) is 48.2 Å². The molecule has 3 heterocycles. The van der Waals surface area contributed by atoms with Crippen LogP contribution in [0.1, 0.15) is 76.8 Å². The van der Waals surface area contributed by atoms with Crippen molar-refractivity contribution in [3.63, 3.8) is 0 Å². The molecule has 2 fully saturated rings. The Morgan fingerprint density at radius 1 is 1.06 bits per heavy atom. The summed E-state index contributed by atoms with van der Waals surface area (Å²) in [5.74, 6) is 1.82. The van der Waals surface area contributed by atoms with Crippen molar-refractivity contribution in [3.8, 4) is 0 Å². The van der Waals surface area contributed by atoms with Gasteiger partial charge in [-0.2, -0.15) is 0 Å². The minimum Gasteiger partial charge on any atom is -0.357 e. The Morgan fingerprint density at radius 2 is 1.73 bits per heavy atom. The Hall–Kier alpha value is -1.84. The van der Waals surface area contributed by atoms with E-state index in [0.717, 1.165) is 37.6 Å². The Bertz CT molecular complexity index is 932. The van der Waals surface area contributed by atoms with Crippen molar-refractivity contribution in [1.82, 2.24) is 9.88 Å². The lowest BCUT2D eigenvalue weighted by molar-refractivity contribution is 0.155. The number of likely N-dealkylation sites (tertiary alicyclic amines) is 1. The molecular weight excluding hydrogens is 426 g/mol. The topological polar surface area (TPSA) is 19.4 Å². The molecule has 0 radical (unpaired) electrons. The van der Waals surface area contributed by atoms with E-state index in [-0.39, 0.29) is 5.41 Å². The summed E-state index contributed by atoms with van der Waals surface area (Å²) in [7, 11) is 0. The highest BCUT2D eigenvalue weighted by molar-refractivity contribution is 6.30. The Labute approximate surface area is 205 Å². The van der Waals surface area contributed by atoms with Crippen LogP contribution in [0.4, 0.5) is 5.82 Å². The van der Waals surface area contributed by atoms with Gasteiger partial charge in [0.25, 0.3) is 0 Å². The fourth-order valence-electron chi connectivity index (χ4n) is 5.59. The first-order valence-corrected chi connectivity index (χ1v) is 13.1. The van der Waals surface area contributed by atoms with Crippen LogP contribution in [0.3, 0.4) is 0 Å². The highest BCUT2D eigenvalue weighted by Gasteiger charge is 2.31. The van der Waals surface area contributed by atoms with Crippen molar-refractivity contribution in [3.05, 3.63) is 70.4 Å². The fraction of sp³-hybridized carbons (Fsp3) is 0.552. The number of benzene rings is 1. The Morgan fingerprint density at radius 3 is 2.36 bits per heavy atom. The monoisotopic (exact) mass is 465 g/mol. The highest BCUT2D eigenvalue weighted by atomic mass is 35.5. The van der Waals surface area contributed by atoms with Gasteiger partial charge in [0.2, 0.25) is 0 Å². The predicted octanol–water partition coefficient (Wildman–Crippen LogP) is 7.22. The number of nitrogens with zero attached hydrogens (tertiary/aromatic N) is 3. The van der Waals surface area contributed by atoms with Crippen molar-refractivity contribution >= 4 is 17.4 Å².